The normalized spacial score (nSPS) is 17.8. The molecule has 0 saturated heterocycles. The number of carbonyl (C=O) groups excluding carboxylic acids is 3. The number of nitro benzene ring substituents is 1. The van der Waals surface area contributed by atoms with Crippen LogP contribution in [0.2, 0.25) is 0 Å². The van der Waals surface area contributed by atoms with E-state index in [1.165, 1.54) is 26.0 Å². The van der Waals surface area contributed by atoms with Crippen molar-refractivity contribution >= 4 is 29.0 Å². The fraction of sp³-hybridized carbons (Fsp3) is 0.423. The Bertz CT molecular complexity index is 1170. The van der Waals surface area contributed by atoms with Crippen LogP contribution in [0, 0.1) is 22.0 Å². The van der Waals surface area contributed by atoms with Gasteiger partial charge in [0.2, 0.25) is 17.2 Å². The van der Waals surface area contributed by atoms with E-state index < -0.39 is 46.0 Å². The lowest BCUT2D eigenvalue weighted by Gasteiger charge is -2.48. The summed E-state index contributed by atoms with van der Waals surface area (Å²) >= 11 is 0. The first-order chi connectivity index (χ1) is 17.0. The maximum Gasteiger partial charge on any atom is 0.340 e. The second-order valence-electron chi connectivity index (χ2n) is 9.25. The van der Waals surface area contributed by atoms with Gasteiger partial charge in [0.1, 0.15) is 0 Å². The number of Topliss-reactive ketones (excluding diaryl/α,β-unsaturated/α-hetero) is 1. The number of nitrogens with zero attached hydrogens (tertiary/aromatic N) is 2. The van der Waals surface area contributed by atoms with Gasteiger partial charge in [-0.25, -0.2) is 4.79 Å². The molecule has 10 heteroatoms. The Morgan fingerprint density at radius 2 is 1.78 bits per heavy atom. The van der Waals surface area contributed by atoms with Crippen LogP contribution in [0.3, 0.4) is 0 Å². The first-order valence-electron chi connectivity index (χ1n) is 11.6. The number of nitrogens with two attached hydrogens (primary N) is 1. The number of esters is 1. The third-order valence-corrected chi connectivity index (χ3v) is 6.67. The van der Waals surface area contributed by atoms with Crippen molar-refractivity contribution in [3.63, 3.8) is 0 Å². The number of fused-ring (bicyclic) bond motifs is 1. The van der Waals surface area contributed by atoms with Crippen LogP contribution in [0.1, 0.15) is 39.2 Å². The molecule has 0 aromatic heterocycles. The number of para-hydroxylation sites is 2. The predicted molar refractivity (Wildman–Crippen MR) is 133 cm³/mol. The summed E-state index contributed by atoms with van der Waals surface area (Å²) in [5.41, 5.74) is 4.46. The van der Waals surface area contributed by atoms with Crippen LogP contribution >= 0.6 is 0 Å². The van der Waals surface area contributed by atoms with Crippen LogP contribution in [0.15, 0.2) is 48.5 Å². The van der Waals surface area contributed by atoms with Crippen LogP contribution in [-0.4, -0.2) is 47.9 Å². The summed E-state index contributed by atoms with van der Waals surface area (Å²) in [6, 6.07) is 11.8. The molecule has 2 unspecified atom stereocenters. The van der Waals surface area contributed by atoms with E-state index >= 15 is 0 Å². The van der Waals surface area contributed by atoms with Crippen LogP contribution in [-0.2, 0) is 19.1 Å². The van der Waals surface area contributed by atoms with Crippen molar-refractivity contribution in [2.45, 2.75) is 45.2 Å². The highest BCUT2D eigenvalue weighted by Gasteiger charge is 2.62. The van der Waals surface area contributed by atoms with Gasteiger partial charge in [0, 0.05) is 29.2 Å². The Kier molecular flexibility index (Phi) is 7.78. The summed E-state index contributed by atoms with van der Waals surface area (Å²) in [6.07, 6.45) is 0. The molecule has 36 heavy (non-hydrogen) atoms. The molecule has 0 saturated carbocycles. The zero-order chi connectivity index (χ0) is 26.8. The Hall–Kier alpha value is -3.79. The largest absolute Gasteiger partial charge is 0.486 e. The summed E-state index contributed by atoms with van der Waals surface area (Å²) in [4.78, 5) is 53.4. The molecule has 1 aliphatic rings. The number of ketones is 1. The van der Waals surface area contributed by atoms with E-state index in [4.69, 9.17) is 15.2 Å². The van der Waals surface area contributed by atoms with Crippen LogP contribution in [0.5, 0.6) is 5.75 Å². The molecule has 0 aliphatic carbocycles. The average Bonchev–Trinajstić information content (AvgIpc) is 3.26. The van der Waals surface area contributed by atoms with Crippen LogP contribution < -0.4 is 15.4 Å². The molecule has 0 radical (unpaired) electrons. The zero-order valence-electron chi connectivity index (χ0n) is 21.0. The highest BCUT2D eigenvalue weighted by atomic mass is 16.6. The van der Waals surface area contributed by atoms with Gasteiger partial charge < -0.3 is 15.2 Å². The van der Waals surface area contributed by atoms with E-state index in [1.54, 1.807) is 36.4 Å². The smallest absolute Gasteiger partial charge is 0.340 e. The molecule has 0 spiro atoms. The summed E-state index contributed by atoms with van der Waals surface area (Å²) in [5, 5.41) is 11.6. The monoisotopic (exact) mass is 497 g/mol. The van der Waals surface area contributed by atoms with E-state index in [-0.39, 0.29) is 24.0 Å². The molecule has 1 heterocycles. The topological polar surface area (TPSA) is 142 Å². The minimum atomic E-state index is -2.13. The number of nitro groups is 1. The number of benzene rings is 2. The maximum atomic E-state index is 13.8. The quantitative estimate of drug-likeness (QED) is 0.241. The lowest BCUT2D eigenvalue weighted by Crippen LogP contribution is -2.70. The standard InChI is InChI=1S/C26H31N3O7/c1-15(2)22(20-14-36-23-19(20)12-9-13-21(23)29(33)34)26(17(4)30,25(32)35-5)28(24(31)16(3)27)18-10-7-6-8-11-18/h6-13,15-16,20,22H,14,27H2,1-5H3/t16-,20?,22?,26-/m0/s1. The van der Waals surface area contributed by atoms with E-state index in [9.17, 15) is 24.5 Å². The van der Waals surface area contributed by atoms with Crippen molar-refractivity contribution in [3.8, 4) is 5.75 Å². The van der Waals surface area contributed by atoms with Crippen molar-refractivity contribution in [1.29, 1.82) is 0 Å². The number of hydrogen-bond donors (Lipinski definition) is 1. The van der Waals surface area contributed by atoms with Gasteiger partial charge >= 0.3 is 11.7 Å². The van der Waals surface area contributed by atoms with Gasteiger partial charge in [-0.3, -0.25) is 24.6 Å². The van der Waals surface area contributed by atoms with Crippen molar-refractivity contribution in [1.82, 2.24) is 0 Å². The molecule has 192 valence electrons. The first-order valence-corrected chi connectivity index (χ1v) is 11.6. The molecule has 2 N–H and O–H groups in total. The van der Waals surface area contributed by atoms with Crippen molar-refractivity contribution in [2.75, 3.05) is 18.6 Å². The minimum Gasteiger partial charge on any atom is -0.486 e. The maximum absolute atomic E-state index is 13.8. The number of ether oxygens (including phenoxy) is 2. The second-order valence-corrected chi connectivity index (χ2v) is 9.25. The molecular formula is C26H31N3O7. The number of methoxy groups -OCH3 is 1. The summed E-state index contributed by atoms with van der Waals surface area (Å²) < 4.78 is 11.0. The average molecular weight is 498 g/mol. The molecule has 3 rings (SSSR count). The van der Waals surface area contributed by atoms with Crippen LogP contribution in [0.4, 0.5) is 11.4 Å². The van der Waals surface area contributed by atoms with Gasteiger partial charge in [0.15, 0.2) is 5.78 Å². The molecule has 2 aromatic rings. The zero-order valence-corrected chi connectivity index (χ0v) is 21.0. The van der Waals surface area contributed by atoms with Gasteiger partial charge in [-0.15, -0.1) is 0 Å². The SMILES string of the molecule is COC(=O)[C@](C(C)=O)(C(C(C)C)C1COc2c1cccc2[N+](=O)[O-])N(C(=O)[C@H](C)N)c1ccccc1. The molecule has 4 atom stereocenters. The number of rotatable bonds is 9. The summed E-state index contributed by atoms with van der Waals surface area (Å²) in [7, 11) is 1.15. The fourth-order valence-corrected chi connectivity index (χ4v) is 5.29. The summed E-state index contributed by atoms with van der Waals surface area (Å²) in [6.45, 7) is 6.33. The number of anilines is 1. The van der Waals surface area contributed by atoms with Gasteiger partial charge in [-0.1, -0.05) is 44.2 Å². The molecule has 0 bridgehead atoms. The Morgan fingerprint density at radius 1 is 1.14 bits per heavy atom. The van der Waals surface area contributed by atoms with E-state index in [1.807, 2.05) is 13.8 Å². The third kappa shape index (κ3) is 4.32. The van der Waals surface area contributed by atoms with Crippen molar-refractivity contribution in [2.24, 2.45) is 17.6 Å². The van der Waals surface area contributed by atoms with Gasteiger partial charge in [0.05, 0.1) is 24.7 Å². The van der Waals surface area contributed by atoms with Crippen LogP contribution in [0.25, 0.3) is 0 Å². The van der Waals surface area contributed by atoms with Crippen molar-refractivity contribution in [3.05, 3.63) is 64.2 Å². The third-order valence-electron chi connectivity index (χ3n) is 6.67. The van der Waals surface area contributed by atoms with Gasteiger partial charge in [-0.05, 0) is 31.9 Å². The van der Waals surface area contributed by atoms with E-state index in [0.717, 1.165) is 12.0 Å². The number of carbonyl (C=O) groups is 3. The van der Waals surface area contributed by atoms with Crippen molar-refractivity contribution < 1.29 is 28.8 Å². The van der Waals surface area contributed by atoms with Gasteiger partial charge in [0.25, 0.3) is 0 Å². The number of hydrogen-bond acceptors (Lipinski definition) is 8. The molecule has 0 fully saturated rings. The molecule has 2 aromatic carbocycles. The fourth-order valence-electron chi connectivity index (χ4n) is 5.29. The minimum absolute atomic E-state index is 0.0238. The second kappa shape index (κ2) is 10.4. The number of amides is 1. The predicted octanol–water partition coefficient (Wildman–Crippen LogP) is 3.22. The molecule has 1 amide bonds. The van der Waals surface area contributed by atoms with E-state index in [0.29, 0.717) is 11.3 Å². The first kappa shape index (κ1) is 26.8. The Morgan fingerprint density at radius 3 is 2.28 bits per heavy atom. The highest BCUT2D eigenvalue weighted by Crippen LogP contribution is 2.51. The molecule has 10 nitrogen and oxygen atoms in total. The van der Waals surface area contributed by atoms with Gasteiger partial charge in [-0.2, -0.15) is 0 Å². The highest BCUT2D eigenvalue weighted by molar-refractivity contribution is 6.18. The lowest BCUT2D eigenvalue weighted by molar-refractivity contribution is -0.385. The Balaban J connectivity index is 2.38. The molecule has 1 aliphatic heterocycles. The lowest BCUT2D eigenvalue weighted by atomic mass is 9.65. The van der Waals surface area contributed by atoms with E-state index in [2.05, 4.69) is 0 Å². The molecular weight excluding hydrogens is 466 g/mol. The summed E-state index contributed by atoms with van der Waals surface area (Å²) in [5.74, 6) is -4.01. The Labute approximate surface area is 209 Å².